The van der Waals surface area contributed by atoms with Gasteiger partial charge in [-0.2, -0.15) is 0 Å². The fourth-order valence-electron chi connectivity index (χ4n) is 7.52. The average Bonchev–Trinajstić information content (AvgIpc) is 3.37. The van der Waals surface area contributed by atoms with Crippen molar-refractivity contribution < 1.29 is 21.2 Å². The van der Waals surface area contributed by atoms with E-state index in [1.165, 1.54) is 147 Å². The van der Waals surface area contributed by atoms with Gasteiger partial charge < -0.3 is 20.4 Å². The summed E-state index contributed by atoms with van der Waals surface area (Å²) in [4.78, 5) is 0. The van der Waals surface area contributed by atoms with Gasteiger partial charge in [-0.1, -0.05) is 131 Å². The molecule has 2 aromatic rings. The van der Waals surface area contributed by atoms with Gasteiger partial charge in [0.05, 0.1) is 0 Å². The van der Waals surface area contributed by atoms with Crippen molar-refractivity contribution in [3.8, 4) is 0 Å². The number of rotatable bonds is 26. The Hall–Kier alpha value is -1.99. The van der Waals surface area contributed by atoms with Crippen LogP contribution in [0.25, 0.3) is 16.9 Å². The number of nitrogens with zero attached hydrogens (tertiary/aromatic N) is 2. The van der Waals surface area contributed by atoms with Crippen molar-refractivity contribution in [2.24, 2.45) is 0 Å². The number of hydrogen-bond donors (Lipinski definition) is 0. The van der Waals surface area contributed by atoms with E-state index in [4.69, 9.17) is 0 Å². The molecule has 0 atom stereocenters. The molecule has 1 aliphatic heterocycles. The van der Waals surface area contributed by atoms with Crippen LogP contribution in [-0.2, 0) is 42.2 Å². The molecule has 0 saturated heterocycles. The third-order valence-electron chi connectivity index (χ3n) is 10.3. The van der Waals surface area contributed by atoms with Crippen LogP contribution in [0.5, 0.6) is 0 Å². The fraction of sp³-hybridized carbons (Fsp3) is 0.625. The van der Waals surface area contributed by atoms with E-state index in [2.05, 4.69) is 77.9 Å². The van der Waals surface area contributed by atoms with E-state index in [0.717, 1.165) is 62.8 Å². The molecular weight excluding hydrogens is 663 g/mol. The summed E-state index contributed by atoms with van der Waals surface area (Å²) in [5.41, 5.74) is 25.7. The number of allylic oxidation sites excluding steroid dienone is 2. The zero-order chi connectivity index (χ0) is 34.6. The molecule has 0 saturated carbocycles. The Labute approximate surface area is 328 Å². The van der Waals surface area contributed by atoms with Crippen LogP contribution in [-0.4, -0.2) is 4.70 Å². The molecule has 1 heterocycles. The third kappa shape index (κ3) is 15.9. The molecule has 0 radical (unpaired) electrons. The molecule has 290 valence electrons. The van der Waals surface area contributed by atoms with Gasteiger partial charge in [-0.3, -0.25) is 0 Å². The van der Waals surface area contributed by atoms with Crippen molar-refractivity contribution in [2.75, 3.05) is 0 Å². The van der Waals surface area contributed by atoms with E-state index in [1.54, 1.807) is 4.70 Å². The van der Waals surface area contributed by atoms with Gasteiger partial charge in [0.25, 0.3) is 0 Å². The average molecular weight is 742 g/mol. The number of aryl methyl sites for hydroxylation is 4. The fourth-order valence-corrected chi connectivity index (χ4v) is 7.52. The summed E-state index contributed by atoms with van der Waals surface area (Å²) in [6.07, 6.45) is 28.9. The van der Waals surface area contributed by atoms with Gasteiger partial charge >= 0.3 is 16.5 Å². The van der Waals surface area contributed by atoms with Crippen LogP contribution < -0.4 is 0 Å². The maximum Gasteiger partial charge on any atom is 2.00 e. The smallest absolute Gasteiger partial charge is 0.493 e. The monoisotopic (exact) mass is 741 g/mol. The minimum Gasteiger partial charge on any atom is -0.493 e. The van der Waals surface area contributed by atoms with Gasteiger partial charge in [-0.05, 0) is 124 Å². The third-order valence-corrected chi connectivity index (χ3v) is 10.3. The predicted octanol–water partition coefficient (Wildman–Crippen LogP) is 15.8. The first-order chi connectivity index (χ1) is 23.5. The Morgan fingerprint density at radius 3 is 1.04 bits per heavy atom. The zero-order valence-electron chi connectivity index (χ0n) is 34.6. The summed E-state index contributed by atoms with van der Waals surface area (Å²) in [7, 11) is 0. The SMILES string of the molecule is CCCCCCCCC1=C(c2cc(CCCC)cc(CCCC)c2)[N+](=[N-])C(c2cc(CCCCC)cc(CCCCC)c2)=C1CCCC.[CH3-].[CH3-].[Ni+2]. The molecule has 0 unspecified atom stereocenters. The van der Waals surface area contributed by atoms with Crippen LogP contribution in [0.2, 0.25) is 0 Å². The molecule has 0 aromatic heterocycles. The number of unbranched alkanes of at least 4 members (excludes halogenated alkanes) is 12. The molecule has 2 aromatic carbocycles. The second kappa shape index (κ2) is 28.5. The van der Waals surface area contributed by atoms with Crippen molar-refractivity contribution in [3.63, 3.8) is 0 Å². The molecular formula is C48H78N2Ni. The van der Waals surface area contributed by atoms with Crippen LogP contribution in [0.4, 0.5) is 0 Å². The standard InChI is InChI=1S/C46H72N2.2CH3.Ni/c1-7-13-19-20-21-24-30-44-43(29-18-12-6)45(42-35-39(27-22-14-8-2)32-40(36-42)28-23-15-9-3)48(47)46(44)41-33-37(25-16-10-4)31-38(34-41)26-17-11-5;;;/h31-36H,7-30H2,1-6H3;2*1H3;/q;2*-1;+2. The molecule has 0 spiro atoms. The Kier molecular flexibility index (Phi) is 27.4. The van der Waals surface area contributed by atoms with E-state index in [9.17, 15) is 5.53 Å². The van der Waals surface area contributed by atoms with Crippen molar-refractivity contribution in [1.82, 2.24) is 0 Å². The van der Waals surface area contributed by atoms with Gasteiger partial charge in [0.1, 0.15) is 0 Å². The van der Waals surface area contributed by atoms with Gasteiger partial charge in [-0.15, -0.1) is 0 Å². The van der Waals surface area contributed by atoms with Gasteiger partial charge in [0.2, 0.25) is 11.4 Å². The van der Waals surface area contributed by atoms with E-state index in [1.807, 2.05) is 0 Å². The van der Waals surface area contributed by atoms with Gasteiger partial charge in [0.15, 0.2) is 0 Å². The minimum atomic E-state index is 0. The summed E-state index contributed by atoms with van der Waals surface area (Å²) >= 11 is 0. The van der Waals surface area contributed by atoms with E-state index in [-0.39, 0.29) is 31.3 Å². The van der Waals surface area contributed by atoms with E-state index < -0.39 is 0 Å². The van der Waals surface area contributed by atoms with E-state index in [0.29, 0.717) is 0 Å². The zero-order valence-corrected chi connectivity index (χ0v) is 35.6. The quantitative estimate of drug-likeness (QED) is 0.0397. The predicted molar refractivity (Wildman–Crippen MR) is 224 cm³/mol. The Balaban J connectivity index is 0.00000833. The first kappa shape index (κ1) is 49.0. The first-order valence-corrected chi connectivity index (χ1v) is 20.7. The van der Waals surface area contributed by atoms with Crippen LogP contribution >= 0.6 is 0 Å². The number of benzene rings is 2. The Bertz CT molecular complexity index is 1260. The molecule has 0 amide bonds. The van der Waals surface area contributed by atoms with Crippen LogP contribution in [0.1, 0.15) is 203 Å². The normalized spacial score (nSPS) is 12.6. The van der Waals surface area contributed by atoms with Crippen molar-refractivity contribution in [1.29, 1.82) is 0 Å². The van der Waals surface area contributed by atoms with Crippen LogP contribution in [0, 0.1) is 14.9 Å². The molecule has 3 heteroatoms. The Morgan fingerprint density at radius 2 is 0.647 bits per heavy atom. The topological polar surface area (TPSA) is 25.3 Å². The molecule has 0 aliphatic carbocycles. The van der Waals surface area contributed by atoms with Crippen molar-refractivity contribution >= 4 is 11.4 Å². The van der Waals surface area contributed by atoms with E-state index >= 15 is 0 Å². The maximum atomic E-state index is 12.5. The summed E-state index contributed by atoms with van der Waals surface area (Å²) < 4.78 is 1.67. The molecule has 1 aliphatic rings. The molecule has 0 bridgehead atoms. The van der Waals surface area contributed by atoms with Crippen LogP contribution in [0.15, 0.2) is 47.5 Å². The van der Waals surface area contributed by atoms with Crippen LogP contribution in [0.3, 0.4) is 0 Å². The molecule has 0 N–H and O–H groups in total. The molecule has 0 fully saturated rings. The second-order valence-corrected chi connectivity index (χ2v) is 14.8. The summed E-state index contributed by atoms with van der Waals surface area (Å²) in [6, 6.07) is 14.6. The Morgan fingerprint density at radius 1 is 0.373 bits per heavy atom. The summed E-state index contributed by atoms with van der Waals surface area (Å²) in [5.74, 6) is 0. The maximum absolute atomic E-state index is 12.5. The van der Waals surface area contributed by atoms with Gasteiger partial charge in [0, 0.05) is 22.3 Å². The molecule has 2 nitrogen and oxygen atoms in total. The summed E-state index contributed by atoms with van der Waals surface area (Å²) in [6.45, 7) is 13.8. The molecule has 51 heavy (non-hydrogen) atoms. The summed E-state index contributed by atoms with van der Waals surface area (Å²) in [5, 5.41) is 0. The molecule has 3 rings (SSSR count). The van der Waals surface area contributed by atoms with Gasteiger partial charge in [-0.25, -0.2) is 4.70 Å². The largest absolute Gasteiger partial charge is 2.00 e. The first-order valence-electron chi connectivity index (χ1n) is 20.7. The second-order valence-electron chi connectivity index (χ2n) is 14.8. The van der Waals surface area contributed by atoms with Crippen molar-refractivity contribution in [3.05, 3.63) is 101 Å². The van der Waals surface area contributed by atoms with Crippen molar-refractivity contribution in [2.45, 2.75) is 196 Å². The number of hydrogen-bond acceptors (Lipinski definition) is 0. The minimum absolute atomic E-state index is 0.